The van der Waals surface area contributed by atoms with Crippen LogP contribution in [0.5, 0.6) is 0 Å². The van der Waals surface area contributed by atoms with Crippen molar-refractivity contribution in [2.24, 2.45) is 0 Å². The van der Waals surface area contributed by atoms with E-state index in [0.717, 1.165) is 6.42 Å². The summed E-state index contributed by atoms with van der Waals surface area (Å²) in [5.74, 6) is -0.960. The van der Waals surface area contributed by atoms with E-state index in [9.17, 15) is 9.59 Å². The number of carbonyl (C=O) groups excluding carboxylic acids is 1. The first-order valence-corrected chi connectivity index (χ1v) is 5.04. The molecule has 0 saturated carbocycles. The molecule has 1 amide bonds. The molecule has 1 N–H and O–H groups in total. The number of likely N-dealkylation sites (tertiary alicyclic amines) is 1. The third kappa shape index (κ3) is 4.71. The summed E-state index contributed by atoms with van der Waals surface area (Å²) in [4.78, 5) is 23.7. The van der Waals surface area contributed by atoms with E-state index in [2.05, 4.69) is 0 Å². The maximum atomic E-state index is 11.6. The third-order valence-corrected chi connectivity index (χ3v) is 2.17. The molecule has 0 aromatic heterocycles. The van der Waals surface area contributed by atoms with Crippen molar-refractivity contribution in [3.8, 4) is 0 Å². The van der Waals surface area contributed by atoms with Crippen LogP contribution < -0.4 is 51.4 Å². The van der Waals surface area contributed by atoms with Gasteiger partial charge in [-0.15, -0.1) is 0 Å². The largest absolute Gasteiger partial charge is 1.00 e. The van der Waals surface area contributed by atoms with Crippen LogP contribution in [0, 0.1) is 0 Å². The summed E-state index contributed by atoms with van der Waals surface area (Å²) >= 11 is 0. The number of aliphatic carboxylic acids is 1. The molecule has 1 heterocycles. The van der Waals surface area contributed by atoms with E-state index in [1.807, 2.05) is 0 Å². The van der Waals surface area contributed by atoms with Gasteiger partial charge in [0.2, 0.25) is 0 Å². The van der Waals surface area contributed by atoms with E-state index < -0.39 is 23.7 Å². The molecule has 0 aliphatic carbocycles. The monoisotopic (exact) mass is 255 g/mol. The Balaban J connectivity index is 0. The Kier molecular flexibility index (Phi) is 6.50. The molecule has 0 bridgehead atoms. The Morgan fingerprint density at radius 1 is 1.44 bits per heavy atom. The minimum Gasteiger partial charge on any atom is -1.00 e. The normalized spacial score (nSPS) is 20.2. The Hall–Kier alpha value is 0.376. The number of ether oxygens (including phenoxy) is 1. The first-order chi connectivity index (χ1) is 6.81. The van der Waals surface area contributed by atoms with E-state index in [1.54, 1.807) is 20.8 Å². The number of carboxylic acid groups (broad SMARTS) is 1. The predicted octanol–water partition coefficient (Wildman–Crippen LogP) is -1.41. The second-order valence-corrected chi connectivity index (χ2v) is 4.67. The molecule has 0 spiro atoms. The Labute approximate surface area is 139 Å². The fourth-order valence-electron chi connectivity index (χ4n) is 1.56. The van der Waals surface area contributed by atoms with Crippen LogP contribution in [0.1, 0.15) is 35.0 Å². The van der Waals surface area contributed by atoms with Crippen LogP contribution in [0.3, 0.4) is 0 Å². The van der Waals surface area contributed by atoms with Crippen molar-refractivity contribution in [2.75, 3.05) is 6.54 Å². The number of nitrogens with zero attached hydrogens (tertiary/aromatic N) is 1. The van der Waals surface area contributed by atoms with Crippen LogP contribution in [-0.2, 0) is 9.53 Å². The molecule has 1 saturated heterocycles. The zero-order valence-corrected chi connectivity index (χ0v) is 13.4. The van der Waals surface area contributed by atoms with Gasteiger partial charge in [0, 0.05) is 6.54 Å². The minimum absolute atomic E-state index is 0. The number of rotatable bonds is 1. The smallest absolute Gasteiger partial charge is 1.00 e. The maximum Gasteiger partial charge on any atom is 1.00 e. The minimum atomic E-state index is -0.960. The quantitative estimate of drug-likeness (QED) is 0.585. The standard InChI is InChI=1S/C10H17NO4.K.H/c1-10(2,3)15-9(14)11-6-4-5-7(11)8(12)13;;/h7H,4-6H2,1-3H3,(H,12,13);;/q;+1;-1/t7-;;/m0../s1. The Morgan fingerprint density at radius 3 is 2.44 bits per heavy atom. The number of hydrogen-bond acceptors (Lipinski definition) is 3. The average molecular weight is 255 g/mol. The molecule has 1 atom stereocenters. The van der Waals surface area contributed by atoms with E-state index >= 15 is 0 Å². The van der Waals surface area contributed by atoms with Crippen LogP contribution in [0.15, 0.2) is 0 Å². The summed E-state index contributed by atoms with van der Waals surface area (Å²) in [5, 5.41) is 8.88. The summed E-state index contributed by atoms with van der Waals surface area (Å²) in [6.45, 7) is 5.75. The third-order valence-electron chi connectivity index (χ3n) is 2.17. The van der Waals surface area contributed by atoms with Gasteiger partial charge >= 0.3 is 63.4 Å². The second-order valence-electron chi connectivity index (χ2n) is 4.67. The zero-order chi connectivity index (χ0) is 11.6. The molecule has 16 heavy (non-hydrogen) atoms. The molecule has 0 unspecified atom stereocenters. The fraction of sp³-hybridized carbons (Fsp3) is 0.800. The van der Waals surface area contributed by atoms with Gasteiger partial charge in [-0.2, -0.15) is 0 Å². The van der Waals surface area contributed by atoms with E-state index in [1.165, 1.54) is 4.90 Å². The summed E-state index contributed by atoms with van der Waals surface area (Å²) in [5.41, 5.74) is -0.581. The molecule has 1 fully saturated rings. The van der Waals surface area contributed by atoms with Crippen molar-refractivity contribution in [1.82, 2.24) is 4.90 Å². The van der Waals surface area contributed by atoms with Crippen LogP contribution in [0.25, 0.3) is 0 Å². The van der Waals surface area contributed by atoms with Crippen molar-refractivity contribution < 1.29 is 72.2 Å². The van der Waals surface area contributed by atoms with Crippen molar-refractivity contribution in [1.29, 1.82) is 0 Å². The molecule has 0 radical (unpaired) electrons. The van der Waals surface area contributed by atoms with Crippen molar-refractivity contribution in [2.45, 2.75) is 45.3 Å². The molecule has 0 aromatic rings. The first-order valence-electron chi connectivity index (χ1n) is 5.04. The first kappa shape index (κ1) is 16.4. The number of hydrogen-bond donors (Lipinski definition) is 1. The summed E-state index contributed by atoms with van der Waals surface area (Å²) < 4.78 is 5.13. The van der Waals surface area contributed by atoms with Crippen molar-refractivity contribution >= 4 is 12.1 Å². The summed E-state index contributed by atoms with van der Waals surface area (Å²) in [7, 11) is 0. The molecule has 1 aliphatic heterocycles. The van der Waals surface area contributed by atoms with Gasteiger partial charge in [-0.1, -0.05) is 0 Å². The van der Waals surface area contributed by atoms with Crippen molar-refractivity contribution in [3.05, 3.63) is 0 Å². The summed E-state index contributed by atoms with van der Waals surface area (Å²) in [6, 6.07) is -0.722. The topological polar surface area (TPSA) is 66.8 Å². The van der Waals surface area contributed by atoms with Gasteiger partial charge in [0.15, 0.2) is 0 Å². The SMILES string of the molecule is CC(C)(C)OC(=O)N1CCC[C@H]1C(=O)O.[H-].[K+]. The number of carbonyl (C=O) groups is 2. The van der Waals surface area contributed by atoms with Crippen LogP contribution >= 0.6 is 0 Å². The van der Waals surface area contributed by atoms with Crippen LogP contribution in [0.2, 0.25) is 0 Å². The Bertz CT molecular complexity index is 280. The molecular formula is C10H18KNO4. The average Bonchev–Trinajstić information content (AvgIpc) is 2.47. The van der Waals surface area contributed by atoms with E-state index in [0.29, 0.717) is 13.0 Å². The zero-order valence-electron chi connectivity index (χ0n) is 11.3. The summed E-state index contributed by atoms with van der Waals surface area (Å²) in [6.07, 6.45) is 0.692. The molecule has 1 aliphatic rings. The van der Waals surface area contributed by atoms with Gasteiger partial charge in [0.1, 0.15) is 11.6 Å². The van der Waals surface area contributed by atoms with Gasteiger partial charge in [0.25, 0.3) is 0 Å². The van der Waals surface area contributed by atoms with Gasteiger partial charge in [-0.05, 0) is 33.6 Å². The number of amides is 1. The van der Waals surface area contributed by atoms with Gasteiger partial charge in [-0.25, -0.2) is 9.59 Å². The molecule has 5 nitrogen and oxygen atoms in total. The molecule has 0 aromatic carbocycles. The van der Waals surface area contributed by atoms with Crippen LogP contribution in [0.4, 0.5) is 4.79 Å². The predicted molar refractivity (Wildman–Crippen MR) is 54.7 cm³/mol. The second kappa shape index (κ2) is 6.35. The van der Waals surface area contributed by atoms with E-state index in [-0.39, 0.29) is 52.8 Å². The molecular weight excluding hydrogens is 237 g/mol. The Morgan fingerprint density at radius 2 is 2.00 bits per heavy atom. The maximum absolute atomic E-state index is 11.6. The molecule has 6 heteroatoms. The molecule has 1 rings (SSSR count). The number of carboxylic acids is 1. The van der Waals surface area contributed by atoms with Gasteiger partial charge in [0.05, 0.1) is 0 Å². The van der Waals surface area contributed by atoms with Crippen molar-refractivity contribution in [3.63, 3.8) is 0 Å². The fourth-order valence-corrected chi connectivity index (χ4v) is 1.56. The van der Waals surface area contributed by atoms with Gasteiger partial charge < -0.3 is 11.3 Å². The van der Waals surface area contributed by atoms with Crippen LogP contribution in [-0.4, -0.2) is 40.3 Å². The van der Waals surface area contributed by atoms with Gasteiger partial charge in [-0.3, -0.25) is 4.90 Å². The van der Waals surface area contributed by atoms with E-state index in [4.69, 9.17) is 9.84 Å². The molecule has 88 valence electrons.